The van der Waals surface area contributed by atoms with E-state index in [-0.39, 0.29) is 12.5 Å². The molecule has 6 rings (SSSR count). The molecular formula is C37H43ClN6O3. The van der Waals surface area contributed by atoms with Gasteiger partial charge in [0.1, 0.15) is 23.8 Å². The van der Waals surface area contributed by atoms with Crippen molar-refractivity contribution in [3.8, 4) is 29.1 Å². The van der Waals surface area contributed by atoms with Crippen LogP contribution in [0.3, 0.4) is 0 Å². The average Bonchev–Trinajstić information content (AvgIpc) is 3.46. The van der Waals surface area contributed by atoms with Gasteiger partial charge >= 0.3 is 6.09 Å². The minimum Gasteiger partial charge on any atom is -0.475 e. The van der Waals surface area contributed by atoms with Crippen LogP contribution in [0.2, 0.25) is 5.02 Å². The summed E-state index contributed by atoms with van der Waals surface area (Å²) < 4.78 is 12.1. The van der Waals surface area contributed by atoms with Gasteiger partial charge in [-0.15, -0.1) is 0 Å². The Kier molecular flexibility index (Phi) is 9.50. The Bertz CT molecular complexity index is 1760. The number of nitrogens with zero attached hydrogens (tertiary/aromatic N) is 6. The highest BCUT2D eigenvalue weighted by atomic mass is 35.5. The lowest BCUT2D eigenvalue weighted by atomic mass is 9.85. The number of halogens is 1. The molecule has 0 saturated carbocycles. The standard InChI is InChI=1S/C37H43ClN6O3/c1-37(2,3)47-36(45)44-18-17-43(22-25(44)14-15-39)34-30-19-32(38)29(28-13-7-10-24-9-5-6-12-27(24)28)20-33(30)41-35(31(34)21-40)46-23-26-11-8-16-42(26)4/h7,10,13,19-20,25-26H,5-6,8-9,11-12,14,16-18,22-23H2,1-4H3/t25-,26-/m0/s1. The van der Waals surface area contributed by atoms with E-state index in [2.05, 4.69) is 47.2 Å². The van der Waals surface area contributed by atoms with Gasteiger partial charge in [-0.3, -0.25) is 0 Å². The summed E-state index contributed by atoms with van der Waals surface area (Å²) >= 11 is 7.12. The molecule has 2 fully saturated rings. The molecule has 1 aromatic heterocycles. The molecule has 0 spiro atoms. The van der Waals surface area contributed by atoms with Gasteiger partial charge in [-0.1, -0.05) is 29.8 Å². The Morgan fingerprint density at radius 2 is 1.87 bits per heavy atom. The Labute approximate surface area is 282 Å². The Morgan fingerprint density at radius 3 is 2.60 bits per heavy atom. The van der Waals surface area contributed by atoms with Crippen molar-refractivity contribution in [1.82, 2.24) is 14.8 Å². The molecule has 0 radical (unpaired) electrons. The third-order valence-corrected chi connectivity index (χ3v) is 9.96. The van der Waals surface area contributed by atoms with E-state index in [0.29, 0.717) is 53.9 Å². The molecule has 246 valence electrons. The maximum Gasteiger partial charge on any atom is 0.410 e. The number of piperazine rings is 1. The van der Waals surface area contributed by atoms with Crippen LogP contribution >= 0.6 is 11.6 Å². The lowest BCUT2D eigenvalue weighted by Crippen LogP contribution is -2.56. The van der Waals surface area contributed by atoms with Gasteiger partial charge in [0.15, 0.2) is 0 Å². The number of fused-ring (bicyclic) bond motifs is 2. The van der Waals surface area contributed by atoms with E-state index in [1.165, 1.54) is 17.5 Å². The molecule has 0 unspecified atom stereocenters. The molecule has 1 amide bonds. The van der Waals surface area contributed by atoms with Crippen molar-refractivity contribution in [2.24, 2.45) is 0 Å². The third kappa shape index (κ3) is 6.84. The van der Waals surface area contributed by atoms with E-state index >= 15 is 0 Å². The predicted octanol–water partition coefficient (Wildman–Crippen LogP) is 7.12. The van der Waals surface area contributed by atoms with Gasteiger partial charge in [-0.2, -0.15) is 10.5 Å². The number of hydrogen-bond acceptors (Lipinski definition) is 8. The lowest BCUT2D eigenvalue weighted by molar-refractivity contribution is 0.0145. The largest absolute Gasteiger partial charge is 0.475 e. The predicted molar refractivity (Wildman–Crippen MR) is 184 cm³/mol. The summed E-state index contributed by atoms with van der Waals surface area (Å²) in [5, 5.41) is 21.7. The molecule has 0 bridgehead atoms. The first-order chi connectivity index (χ1) is 22.6. The first-order valence-corrected chi connectivity index (χ1v) is 17.1. The van der Waals surface area contributed by atoms with Crippen LogP contribution in [0.15, 0.2) is 30.3 Å². The highest BCUT2D eigenvalue weighted by Gasteiger charge is 2.36. The van der Waals surface area contributed by atoms with Crippen LogP contribution in [0.25, 0.3) is 22.0 Å². The van der Waals surface area contributed by atoms with E-state index in [9.17, 15) is 15.3 Å². The lowest BCUT2D eigenvalue weighted by Gasteiger charge is -2.42. The van der Waals surface area contributed by atoms with E-state index < -0.39 is 17.7 Å². The van der Waals surface area contributed by atoms with Crippen molar-refractivity contribution < 1.29 is 14.3 Å². The Balaban J connectivity index is 1.45. The van der Waals surface area contributed by atoms with Gasteiger partial charge in [0.2, 0.25) is 5.88 Å². The van der Waals surface area contributed by atoms with E-state index in [4.69, 9.17) is 26.1 Å². The van der Waals surface area contributed by atoms with Crippen molar-refractivity contribution in [2.75, 3.05) is 44.7 Å². The first-order valence-electron chi connectivity index (χ1n) is 16.7. The molecule has 2 aliphatic heterocycles. The van der Waals surface area contributed by atoms with Gasteiger partial charge in [0.25, 0.3) is 0 Å². The fraction of sp³-hybridized carbons (Fsp3) is 0.514. The van der Waals surface area contributed by atoms with Crippen LogP contribution in [0, 0.1) is 22.7 Å². The van der Waals surface area contributed by atoms with E-state index in [0.717, 1.165) is 55.2 Å². The van der Waals surface area contributed by atoms with Gasteiger partial charge in [-0.05, 0) is 102 Å². The summed E-state index contributed by atoms with van der Waals surface area (Å²) in [5.41, 5.74) is 5.78. The smallest absolute Gasteiger partial charge is 0.410 e. The van der Waals surface area contributed by atoms with Gasteiger partial charge in [0, 0.05) is 41.6 Å². The molecule has 3 aliphatic rings. The van der Waals surface area contributed by atoms with Crippen LogP contribution in [-0.2, 0) is 17.6 Å². The number of ether oxygens (including phenoxy) is 2. The molecule has 0 N–H and O–H groups in total. The second-order valence-corrected chi connectivity index (χ2v) is 14.4. The first kappa shape index (κ1) is 32.9. The molecule has 2 atom stereocenters. The number of nitriles is 2. The zero-order valence-corrected chi connectivity index (χ0v) is 28.6. The maximum absolute atomic E-state index is 13.2. The summed E-state index contributed by atoms with van der Waals surface area (Å²) in [5.74, 6) is 0.296. The number of anilines is 1. The molecule has 47 heavy (non-hydrogen) atoms. The van der Waals surface area contributed by atoms with Crippen molar-refractivity contribution in [3.63, 3.8) is 0 Å². The number of likely N-dealkylation sites (N-methyl/N-ethyl adjacent to an activating group) is 1. The molecule has 2 aromatic carbocycles. The molecule has 1 aliphatic carbocycles. The van der Waals surface area contributed by atoms with Gasteiger partial charge in [0.05, 0.1) is 29.7 Å². The highest BCUT2D eigenvalue weighted by Crippen LogP contribution is 2.43. The maximum atomic E-state index is 13.2. The fourth-order valence-electron chi connectivity index (χ4n) is 7.28. The van der Waals surface area contributed by atoms with Crippen LogP contribution < -0.4 is 9.64 Å². The number of carbonyl (C=O) groups excluding carboxylic acids is 1. The topological polar surface area (TPSA) is 106 Å². The van der Waals surface area contributed by atoms with Crippen LogP contribution in [0.4, 0.5) is 10.5 Å². The van der Waals surface area contributed by atoms with Crippen LogP contribution in [0.1, 0.15) is 69.6 Å². The second kappa shape index (κ2) is 13.6. The quantitative estimate of drug-likeness (QED) is 0.277. The Morgan fingerprint density at radius 1 is 1.06 bits per heavy atom. The van der Waals surface area contributed by atoms with Crippen molar-refractivity contribution in [2.45, 2.75) is 83.4 Å². The van der Waals surface area contributed by atoms with Crippen LogP contribution in [-0.4, -0.2) is 78.4 Å². The zero-order valence-electron chi connectivity index (χ0n) is 27.8. The molecular weight excluding hydrogens is 612 g/mol. The number of benzene rings is 2. The molecule has 9 nitrogen and oxygen atoms in total. The number of amides is 1. The van der Waals surface area contributed by atoms with Crippen LogP contribution in [0.5, 0.6) is 5.88 Å². The van der Waals surface area contributed by atoms with E-state index in [1.54, 1.807) is 4.90 Å². The summed E-state index contributed by atoms with van der Waals surface area (Å²) in [6.45, 7) is 8.05. The van der Waals surface area contributed by atoms with Crippen molar-refractivity contribution >= 4 is 34.3 Å². The number of hydrogen-bond donors (Lipinski definition) is 0. The minimum atomic E-state index is -0.660. The van der Waals surface area contributed by atoms with Crippen molar-refractivity contribution in [3.05, 3.63) is 52.0 Å². The average molecular weight is 655 g/mol. The summed E-state index contributed by atoms with van der Waals surface area (Å²) in [6.07, 6.45) is 6.23. The summed E-state index contributed by atoms with van der Waals surface area (Å²) in [4.78, 5) is 24.1. The second-order valence-electron chi connectivity index (χ2n) is 14.0. The number of rotatable bonds is 6. The number of aromatic nitrogens is 1. The number of likely N-dealkylation sites (tertiary alicyclic amines) is 1. The fourth-order valence-corrected chi connectivity index (χ4v) is 7.55. The summed E-state index contributed by atoms with van der Waals surface area (Å²) in [7, 11) is 2.10. The monoisotopic (exact) mass is 654 g/mol. The Hall–Kier alpha value is -4.05. The number of pyridine rings is 1. The van der Waals surface area contributed by atoms with Gasteiger partial charge in [-0.25, -0.2) is 9.78 Å². The third-order valence-electron chi connectivity index (χ3n) is 9.65. The molecule has 3 aromatic rings. The molecule has 2 saturated heterocycles. The number of carbonyl (C=O) groups is 1. The van der Waals surface area contributed by atoms with Crippen molar-refractivity contribution in [1.29, 1.82) is 10.5 Å². The SMILES string of the molecule is CN1CCC[C@H]1COc1nc2cc(-c3cccc4c3CCCC4)c(Cl)cc2c(N2CCN(C(=O)OC(C)(C)C)[C@@H](CC#N)C2)c1C#N. The molecule has 3 heterocycles. The number of aryl methyl sites for hydroxylation is 1. The van der Waals surface area contributed by atoms with E-state index in [1.807, 2.05) is 32.9 Å². The van der Waals surface area contributed by atoms with Gasteiger partial charge < -0.3 is 24.2 Å². The molecule has 10 heteroatoms. The normalized spacial score (nSPS) is 20.1. The zero-order chi connectivity index (χ0) is 33.3. The highest BCUT2D eigenvalue weighted by molar-refractivity contribution is 6.34. The summed E-state index contributed by atoms with van der Waals surface area (Å²) in [6, 6.07) is 14.9. The minimum absolute atomic E-state index is 0.127.